The van der Waals surface area contributed by atoms with E-state index in [-0.39, 0.29) is 0 Å². The molecule has 0 aliphatic heterocycles. The lowest BCUT2D eigenvalue weighted by atomic mass is 10.1. The van der Waals surface area contributed by atoms with Crippen LogP contribution >= 0.6 is 0 Å². The Labute approximate surface area is 275 Å². The predicted octanol–water partition coefficient (Wildman–Crippen LogP) is 13.8. The van der Waals surface area contributed by atoms with Crippen LogP contribution in [0.25, 0.3) is 0 Å². The second-order valence-corrected chi connectivity index (χ2v) is 12.9. The molecule has 0 radical (unpaired) electrons. The molecule has 260 valence electrons. The summed E-state index contributed by atoms with van der Waals surface area (Å²) >= 11 is 0. The van der Waals surface area contributed by atoms with Crippen molar-refractivity contribution < 1.29 is 19.8 Å². The number of hydrogen-bond donors (Lipinski definition) is 2. The van der Waals surface area contributed by atoms with Crippen molar-refractivity contribution in [3.8, 4) is 0 Å². The first-order valence-electron chi connectivity index (χ1n) is 19.3. The normalized spacial score (nSPS) is 11.3. The number of aliphatic carboxylic acids is 2. The first-order chi connectivity index (χ1) is 21.5. The highest BCUT2D eigenvalue weighted by Gasteiger charge is 1.97. The molecule has 0 aromatic carbocycles. The molecule has 0 spiro atoms. The van der Waals surface area contributed by atoms with Crippen molar-refractivity contribution in [2.24, 2.45) is 0 Å². The van der Waals surface area contributed by atoms with Crippen LogP contribution < -0.4 is 0 Å². The Bertz CT molecular complexity index is 571. The molecule has 4 heteroatoms. The quantitative estimate of drug-likeness (QED) is 0.0554. The van der Waals surface area contributed by atoms with E-state index in [9.17, 15) is 9.59 Å². The molecule has 0 rings (SSSR count). The molecule has 0 aliphatic carbocycles. The summed E-state index contributed by atoms with van der Waals surface area (Å²) in [7, 11) is 0. The van der Waals surface area contributed by atoms with Crippen molar-refractivity contribution in [1.82, 2.24) is 0 Å². The second-order valence-electron chi connectivity index (χ2n) is 12.9. The molecule has 0 fully saturated rings. The van der Waals surface area contributed by atoms with Gasteiger partial charge < -0.3 is 10.2 Å². The molecular weight excluding hydrogens is 544 g/mol. The third-order valence-electron chi connectivity index (χ3n) is 8.30. The lowest BCUT2D eigenvalue weighted by molar-refractivity contribution is -0.138. The predicted molar refractivity (Wildman–Crippen MR) is 193 cm³/mol. The molecule has 2 N–H and O–H groups in total. The molecule has 0 aromatic rings. The van der Waals surface area contributed by atoms with Crippen LogP contribution in [0.1, 0.15) is 219 Å². The van der Waals surface area contributed by atoms with Crippen molar-refractivity contribution in [3.05, 3.63) is 24.3 Å². The van der Waals surface area contributed by atoms with Crippen LogP contribution in [-0.4, -0.2) is 22.2 Å². The highest BCUT2D eigenvalue weighted by molar-refractivity contribution is 5.66. The molecule has 0 atom stereocenters. The lowest BCUT2D eigenvalue weighted by Gasteiger charge is -2.00. The maximum absolute atomic E-state index is 10.4. The van der Waals surface area contributed by atoms with E-state index in [1.807, 2.05) is 0 Å². The summed E-state index contributed by atoms with van der Waals surface area (Å²) in [6.45, 7) is 4.53. The SMILES string of the molecule is CCCCCCCC/C=C/CCCCCCCCCC(=O)O.CCCCCCCC/C=C/CCCCCCCCCC(=O)O. The lowest BCUT2D eigenvalue weighted by Crippen LogP contribution is -1.93. The number of rotatable bonds is 34. The number of carbonyl (C=O) groups is 2. The minimum Gasteiger partial charge on any atom is -0.481 e. The molecule has 0 aliphatic rings. The summed E-state index contributed by atoms with van der Waals surface area (Å²) in [6, 6.07) is 0. The Morgan fingerprint density at radius 2 is 0.545 bits per heavy atom. The van der Waals surface area contributed by atoms with Gasteiger partial charge in [0.2, 0.25) is 0 Å². The van der Waals surface area contributed by atoms with E-state index in [0.717, 1.165) is 25.7 Å². The fourth-order valence-electron chi connectivity index (χ4n) is 5.40. The monoisotopic (exact) mass is 621 g/mol. The maximum atomic E-state index is 10.4. The molecule has 0 saturated heterocycles. The van der Waals surface area contributed by atoms with E-state index in [1.165, 1.54) is 167 Å². The van der Waals surface area contributed by atoms with Gasteiger partial charge in [0, 0.05) is 12.8 Å². The average molecular weight is 621 g/mol. The largest absolute Gasteiger partial charge is 0.481 e. The van der Waals surface area contributed by atoms with Gasteiger partial charge in [-0.15, -0.1) is 0 Å². The number of hydrogen-bond acceptors (Lipinski definition) is 2. The van der Waals surface area contributed by atoms with Crippen molar-refractivity contribution in [3.63, 3.8) is 0 Å². The topological polar surface area (TPSA) is 74.6 Å². The van der Waals surface area contributed by atoms with E-state index in [1.54, 1.807) is 0 Å². The van der Waals surface area contributed by atoms with E-state index >= 15 is 0 Å². The molecule has 0 aromatic heterocycles. The van der Waals surface area contributed by atoms with Crippen LogP contribution in [0.5, 0.6) is 0 Å². The Morgan fingerprint density at radius 3 is 0.773 bits per heavy atom. The summed E-state index contributed by atoms with van der Waals surface area (Å²) in [5.74, 6) is -1.32. The molecular formula is C40H76O4. The van der Waals surface area contributed by atoms with E-state index < -0.39 is 11.9 Å². The maximum Gasteiger partial charge on any atom is 0.303 e. The van der Waals surface area contributed by atoms with Gasteiger partial charge in [-0.05, 0) is 64.2 Å². The third kappa shape index (κ3) is 47.4. The minimum absolute atomic E-state index is 0.337. The van der Waals surface area contributed by atoms with Gasteiger partial charge in [-0.1, -0.05) is 167 Å². The standard InChI is InChI=1S/2C20H38O2/c2*1-2-3-4-5-6-7-8-9-10-11-12-13-14-15-16-17-18-19-20(21)22/h2*9-10H,2-8,11-19H2,1H3,(H,21,22)/b2*10-9+. The highest BCUT2D eigenvalue weighted by atomic mass is 16.4. The van der Waals surface area contributed by atoms with Crippen LogP contribution in [0, 0.1) is 0 Å². The van der Waals surface area contributed by atoms with Gasteiger partial charge in [-0.2, -0.15) is 0 Å². The second kappa shape index (κ2) is 41.4. The Hall–Kier alpha value is -1.58. The molecule has 44 heavy (non-hydrogen) atoms. The summed E-state index contributed by atoms with van der Waals surface area (Å²) in [5, 5.41) is 17.1. The number of allylic oxidation sites excluding steroid dienone is 4. The minimum atomic E-state index is -0.659. The van der Waals surface area contributed by atoms with Gasteiger partial charge in [-0.3, -0.25) is 9.59 Å². The Morgan fingerprint density at radius 1 is 0.341 bits per heavy atom. The molecule has 0 unspecified atom stereocenters. The van der Waals surface area contributed by atoms with Gasteiger partial charge in [0.05, 0.1) is 0 Å². The third-order valence-corrected chi connectivity index (χ3v) is 8.30. The zero-order chi connectivity index (χ0) is 32.6. The Balaban J connectivity index is 0. The number of carboxylic acids is 2. The van der Waals surface area contributed by atoms with E-state index in [4.69, 9.17) is 10.2 Å². The summed E-state index contributed by atoms with van der Waals surface area (Å²) in [5.41, 5.74) is 0. The zero-order valence-electron chi connectivity index (χ0n) is 29.6. The van der Waals surface area contributed by atoms with Crippen LogP contribution in [0.15, 0.2) is 24.3 Å². The molecule has 0 amide bonds. The summed E-state index contributed by atoms with van der Waals surface area (Å²) in [4.78, 5) is 20.7. The van der Waals surface area contributed by atoms with Crippen LogP contribution in [0.3, 0.4) is 0 Å². The van der Waals surface area contributed by atoms with E-state index in [2.05, 4.69) is 38.2 Å². The molecule has 0 heterocycles. The molecule has 0 bridgehead atoms. The smallest absolute Gasteiger partial charge is 0.303 e. The van der Waals surface area contributed by atoms with Crippen molar-refractivity contribution in [2.75, 3.05) is 0 Å². The van der Waals surface area contributed by atoms with Crippen LogP contribution in [0.4, 0.5) is 0 Å². The van der Waals surface area contributed by atoms with Gasteiger partial charge in [0.25, 0.3) is 0 Å². The molecule has 4 nitrogen and oxygen atoms in total. The van der Waals surface area contributed by atoms with Crippen molar-refractivity contribution in [2.45, 2.75) is 219 Å². The zero-order valence-corrected chi connectivity index (χ0v) is 29.6. The highest BCUT2D eigenvalue weighted by Crippen LogP contribution is 2.13. The summed E-state index contributed by atoms with van der Waals surface area (Å²) < 4.78 is 0. The number of unbranched alkanes of at least 4 members (excludes halogenated alkanes) is 26. The number of carboxylic acid groups (broad SMARTS) is 2. The van der Waals surface area contributed by atoms with Crippen LogP contribution in [-0.2, 0) is 9.59 Å². The fourth-order valence-corrected chi connectivity index (χ4v) is 5.40. The van der Waals surface area contributed by atoms with Crippen LogP contribution in [0.2, 0.25) is 0 Å². The first-order valence-corrected chi connectivity index (χ1v) is 19.3. The van der Waals surface area contributed by atoms with Crippen molar-refractivity contribution in [1.29, 1.82) is 0 Å². The van der Waals surface area contributed by atoms with Gasteiger partial charge in [0.15, 0.2) is 0 Å². The summed E-state index contributed by atoms with van der Waals surface area (Å²) in [6.07, 6.45) is 48.3. The van der Waals surface area contributed by atoms with Crippen molar-refractivity contribution >= 4 is 11.9 Å². The van der Waals surface area contributed by atoms with Gasteiger partial charge >= 0.3 is 11.9 Å². The average Bonchev–Trinajstić information content (AvgIpc) is 3.00. The van der Waals surface area contributed by atoms with E-state index in [0.29, 0.717) is 12.8 Å². The fraction of sp³-hybridized carbons (Fsp3) is 0.850. The van der Waals surface area contributed by atoms with Gasteiger partial charge in [0.1, 0.15) is 0 Å². The van der Waals surface area contributed by atoms with Gasteiger partial charge in [-0.25, -0.2) is 0 Å². The first kappa shape index (κ1) is 44.5. The Kier molecular flexibility index (Phi) is 41.9. The molecule has 0 saturated carbocycles.